The van der Waals surface area contributed by atoms with Gasteiger partial charge in [-0.25, -0.2) is 14.8 Å². The van der Waals surface area contributed by atoms with E-state index in [1.807, 2.05) is 12.3 Å². The van der Waals surface area contributed by atoms with Crippen molar-refractivity contribution < 1.29 is 4.74 Å². The fraction of sp³-hybridized carbons (Fsp3) is 0.400. The molecule has 1 N–H and O–H groups in total. The molecule has 0 fully saturated rings. The first kappa shape index (κ1) is 14.1. The zero-order valence-electron chi connectivity index (χ0n) is 12.0. The van der Waals surface area contributed by atoms with Crippen LogP contribution in [0.4, 0.5) is 0 Å². The minimum Gasteiger partial charge on any atom is -0.477 e. The molecule has 2 heterocycles. The highest BCUT2D eigenvalue weighted by Gasteiger charge is 2.15. The summed E-state index contributed by atoms with van der Waals surface area (Å²) in [6.45, 7) is 13.7. The smallest absolute Gasteiger partial charge is 0.226 e. The number of nitrogens with one attached hydrogen (secondary N) is 1. The molecule has 0 aliphatic carbocycles. The second-order valence-corrected chi connectivity index (χ2v) is 5.78. The average Bonchev–Trinajstić information content (AvgIpc) is 2.80. The highest BCUT2D eigenvalue weighted by atomic mass is 16.5. The number of aromatic amines is 1. The van der Waals surface area contributed by atoms with Crippen LogP contribution in [-0.4, -0.2) is 21.6 Å². The Morgan fingerprint density at radius 1 is 1.40 bits per heavy atom. The van der Waals surface area contributed by atoms with Crippen LogP contribution in [0.5, 0.6) is 5.88 Å². The summed E-state index contributed by atoms with van der Waals surface area (Å²) in [6, 6.07) is 0. The predicted molar refractivity (Wildman–Crippen MR) is 78.3 cm³/mol. The summed E-state index contributed by atoms with van der Waals surface area (Å²) in [5.74, 6) is 0.595. The van der Waals surface area contributed by atoms with E-state index in [0.717, 1.165) is 16.6 Å². The van der Waals surface area contributed by atoms with Gasteiger partial charge in [-0.2, -0.15) is 0 Å². The van der Waals surface area contributed by atoms with E-state index in [2.05, 4.69) is 40.6 Å². The molecule has 5 nitrogen and oxygen atoms in total. The zero-order valence-corrected chi connectivity index (χ0v) is 12.0. The molecular weight excluding hydrogens is 252 g/mol. The van der Waals surface area contributed by atoms with Crippen molar-refractivity contribution in [1.29, 1.82) is 0 Å². The van der Waals surface area contributed by atoms with Crippen LogP contribution in [0.25, 0.3) is 15.9 Å². The number of hydrogen-bond donors (Lipinski definition) is 1. The van der Waals surface area contributed by atoms with E-state index < -0.39 is 0 Å². The molecule has 20 heavy (non-hydrogen) atoms. The summed E-state index contributed by atoms with van der Waals surface area (Å²) < 4.78 is 5.83. The van der Waals surface area contributed by atoms with Crippen LogP contribution in [0, 0.1) is 12.0 Å². The number of H-pyrrole nitrogens is 1. The third kappa shape index (κ3) is 3.35. The molecule has 0 unspecified atom stereocenters. The van der Waals surface area contributed by atoms with Crippen LogP contribution in [-0.2, 0) is 6.42 Å². The van der Waals surface area contributed by atoms with Gasteiger partial charge in [-0.15, -0.1) is 0 Å². The summed E-state index contributed by atoms with van der Waals surface area (Å²) in [4.78, 5) is 14.8. The van der Waals surface area contributed by atoms with E-state index in [1.165, 1.54) is 12.5 Å². The van der Waals surface area contributed by atoms with Crippen molar-refractivity contribution in [1.82, 2.24) is 15.0 Å². The standard InChI is InChI=1S/C15H18N4O/c1-15(2,3)9-20-14-12-11(6-5-7-16-4)8-17-13(12)18-10-19-14/h5,7-8,10H,6,9H2,1-3H3,(H,17,18,19)/b7-5-. The number of aromatic nitrogens is 3. The Labute approximate surface area is 118 Å². The molecule has 104 valence electrons. The molecule has 2 aromatic heterocycles. The predicted octanol–water partition coefficient (Wildman–Crippen LogP) is 3.36. The van der Waals surface area contributed by atoms with Crippen LogP contribution < -0.4 is 4.74 Å². The number of nitrogens with zero attached hydrogens (tertiary/aromatic N) is 3. The van der Waals surface area contributed by atoms with E-state index >= 15 is 0 Å². The SMILES string of the molecule is [C-]#[N+]/C=C\Cc1c[nH]c2ncnc(OCC(C)(C)C)c12. The zero-order chi connectivity index (χ0) is 14.6. The molecule has 0 spiro atoms. The normalized spacial score (nSPS) is 11.9. The van der Waals surface area contributed by atoms with Gasteiger partial charge in [0.25, 0.3) is 0 Å². The third-order valence-corrected chi connectivity index (χ3v) is 2.68. The van der Waals surface area contributed by atoms with Gasteiger partial charge >= 0.3 is 0 Å². The van der Waals surface area contributed by atoms with Crippen LogP contribution in [0.15, 0.2) is 24.8 Å². The fourth-order valence-electron chi connectivity index (χ4n) is 1.78. The van der Waals surface area contributed by atoms with Gasteiger partial charge in [0.1, 0.15) is 12.0 Å². The van der Waals surface area contributed by atoms with Gasteiger partial charge in [-0.05, 0) is 17.4 Å². The first-order chi connectivity index (χ1) is 9.51. The van der Waals surface area contributed by atoms with Crippen molar-refractivity contribution in [2.45, 2.75) is 27.2 Å². The lowest BCUT2D eigenvalue weighted by Crippen LogP contribution is -2.17. The molecule has 0 saturated heterocycles. The first-order valence-electron chi connectivity index (χ1n) is 6.46. The Kier molecular flexibility index (Phi) is 4.04. The highest BCUT2D eigenvalue weighted by molar-refractivity contribution is 5.84. The minimum absolute atomic E-state index is 0.0672. The molecule has 0 bridgehead atoms. The summed E-state index contributed by atoms with van der Waals surface area (Å²) in [5, 5.41) is 0.895. The second kappa shape index (κ2) is 5.74. The molecule has 2 aromatic rings. The maximum Gasteiger partial charge on any atom is 0.226 e. The topological polar surface area (TPSA) is 55.2 Å². The van der Waals surface area contributed by atoms with E-state index in [9.17, 15) is 0 Å². The molecule has 2 rings (SSSR count). The lowest BCUT2D eigenvalue weighted by Gasteiger charge is -2.18. The van der Waals surface area contributed by atoms with Gasteiger partial charge in [0, 0.05) is 6.20 Å². The van der Waals surface area contributed by atoms with E-state index in [1.54, 1.807) is 0 Å². The molecular formula is C15H18N4O. The van der Waals surface area contributed by atoms with Crippen LogP contribution in [0.1, 0.15) is 26.3 Å². The summed E-state index contributed by atoms with van der Waals surface area (Å²) in [5.41, 5.74) is 1.86. The Morgan fingerprint density at radius 3 is 2.90 bits per heavy atom. The third-order valence-electron chi connectivity index (χ3n) is 2.68. The first-order valence-corrected chi connectivity index (χ1v) is 6.46. The van der Waals surface area contributed by atoms with Crippen molar-refractivity contribution in [3.63, 3.8) is 0 Å². The minimum atomic E-state index is 0.0672. The summed E-state index contributed by atoms with van der Waals surface area (Å²) in [7, 11) is 0. The van der Waals surface area contributed by atoms with Crippen molar-refractivity contribution in [3.05, 3.63) is 41.8 Å². The van der Waals surface area contributed by atoms with Gasteiger partial charge in [0.15, 0.2) is 6.20 Å². The Morgan fingerprint density at radius 2 is 2.20 bits per heavy atom. The number of rotatable bonds is 4. The van der Waals surface area contributed by atoms with E-state index in [4.69, 9.17) is 11.3 Å². The average molecular weight is 270 g/mol. The maximum atomic E-state index is 6.75. The fourth-order valence-corrected chi connectivity index (χ4v) is 1.78. The van der Waals surface area contributed by atoms with Gasteiger partial charge in [0.2, 0.25) is 5.88 Å². The van der Waals surface area contributed by atoms with Gasteiger partial charge in [-0.3, -0.25) is 0 Å². The molecule has 0 atom stereocenters. The summed E-state index contributed by atoms with van der Waals surface area (Å²) in [6.07, 6.45) is 7.31. The monoisotopic (exact) mass is 270 g/mol. The lowest BCUT2D eigenvalue weighted by molar-refractivity contribution is 0.193. The largest absolute Gasteiger partial charge is 0.477 e. The Hall–Kier alpha value is -2.35. The molecule has 0 radical (unpaired) electrons. The quantitative estimate of drug-likeness (QED) is 0.867. The number of fused-ring (bicyclic) bond motifs is 1. The van der Waals surface area contributed by atoms with E-state index in [-0.39, 0.29) is 5.41 Å². The Balaban J connectivity index is 2.32. The number of ether oxygens (including phenoxy) is 1. The number of allylic oxidation sites excluding steroid dienone is 1. The van der Waals surface area contributed by atoms with E-state index in [0.29, 0.717) is 18.9 Å². The van der Waals surface area contributed by atoms with Crippen LogP contribution in [0.3, 0.4) is 0 Å². The van der Waals surface area contributed by atoms with Gasteiger partial charge in [-0.1, -0.05) is 26.8 Å². The second-order valence-electron chi connectivity index (χ2n) is 5.78. The molecule has 0 aromatic carbocycles. The molecule has 0 aliphatic rings. The van der Waals surface area contributed by atoms with Crippen molar-refractivity contribution >= 4 is 11.0 Å². The molecule has 0 aliphatic heterocycles. The van der Waals surface area contributed by atoms with Gasteiger partial charge < -0.3 is 9.72 Å². The van der Waals surface area contributed by atoms with Crippen LogP contribution >= 0.6 is 0 Å². The van der Waals surface area contributed by atoms with Crippen LogP contribution in [0.2, 0.25) is 0 Å². The molecule has 5 heteroatoms. The highest BCUT2D eigenvalue weighted by Crippen LogP contribution is 2.27. The molecule has 0 saturated carbocycles. The maximum absolute atomic E-state index is 6.75. The van der Waals surface area contributed by atoms with Crippen molar-refractivity contribution in [3.8, 4) is 5.88 Å². The molecule has 0 amide bonds. The summed E-state index contributed by atoms with van der Waals surface area (Å²) >= 11 is 0. The lowest BCUT2D eigenvalue weighted by atomic mass is 9.99. The Bertz CT molecular complexity index is 659. The van der Waals surface area contributed by atoms with Gasteiger partial charge in [0.05, 0.1) is 18.6 Å². The van der Waals surface area contributed by atoms with Crippen molar-refractivity contribution in [2.24, 2.45) is 5.41 Å². The number of hydrogen-bond acceptors (Lipinski definition) is 3. The van der Waals surface area contributed by atoms with Crippen molar-refractivity contribution in [2.75, 3.05) is 6.61 Å².